The van der Waals surface area contributed by atoms with Crippen LogP contribution in [0.25, 0.3) is 11.0 Å². The molecule has 8 heteroatoms. The third kappa shape index (κ3) is 3.62. The van der Waals surface area contributed by atoms with Crippen LogP contribution in [0.4, 0.5) is 8.78 Å². The Morgan fingerprint density at radius 3 is 2.69 bits per heavy atom. The molecule has 3 aromatic rings. The molecule has 6 nitrogen and oxygen atoms in total. The molecule has 1 heterocycles. The van der Waals surface area contributed by atoms with E-state index in [-0.39, 0.29) is 22.7 Å². The summed E-state index contributed by atoms with van der Waals surface area (Å²) in [6.45, 7) is -3.68. The van der Waals surface area contributed by atoms with Crippen LogP contribution in [0.2, 0.25) is 0 Å². The number of imidazole rings is 1. The van der Waals surface area contributed by atoms with Crippen LogP contribution in [-0.2, 0) is 16.1 Å². The zero-order valence-corrected chi connectivity index (χ0v) is 13.4. The van der Waals surface area contributed by atoms with E-state index < -0.39 is 25.7 Å². The first kappa shape index (κ1) is 17.4. The number of nitriles is 1. The number of aromatic nitrogens is 2. The smallest absolute Gasteiger partial charge is 0.344 e. The molecule has 0 aliphatic rings. The van der Waals surface area contributed by atoms with E-state index in [1.54, 1.807) is 42.5 Å². The van der Waals surface area contributed by atoms with Crippen molar-refractivity contribution in [3.05, 3.63) is 59.9 Å². The Balaban J connectivity index is 1.66. The van der Waals surface area contributed by atoms with Crippen molar-refractivity contribution in [2.24, 2.45) is 0 Å². The van der Waals surface area contributed by atoms with Gasteiger partial charge in [0.2, 0.25) is 0 Å². The van der Waals surface area contributed by atoms with Crippen LogP contribution in [-0.4, -0.2) is 22.1 Å². The number of rotatable bonds is 6. The van der Waals surface area contributed by atoms with Crippen LogP contribution < -0.4 is 4.74 Å². The molecule has 0 spiro atoms. The zero-order valence-electron chi connectivity index (χ0n) is 13.4. The van der Waals surface area contributed by atoms with Gasteiger partial charge in [0.05, 0.1) is 16.6 Å². The number of para-hydroxylation sites is 3. The van der Waals surface area contributed by atoms with Crippen molar-refractivity contribution in [2.75, 3.05) is 6.61 Å². The predicted molar refractivity (Wildman–Crippen MR) is 87.4 cm³/mol. The van der Waals surface area contributed by atoms with Crippen molar-refractivity contribution >= 4 is 17.0 Å². The molecule has 0 aliphatic carbocycles. The second-order valence-corrected chi connectivity index (χ2v) is 5.22. The van der Waals surface area contributed by atoms with Crippen LogP contribution in [0.1, 0.15) is 17.9 Å². The van der Waals surface area contributed by atoms with Gasteiger partial charge in [0.25, 0.3) is 0 Å². The first-order valence-electron chi connectivity index (χ1n) is 7.61. The average molecular weight is 357 g/mol. The Hall–Kier alpha value is -3.47. The third-order valence-corrected chi connectivity index (χ3v) is 3.58. The summed E-state index contributed by atoms with van der Waals surface area (Å²) in [6.07, 6.45) is 0. The lowest BCUT2D eigenvalue weighted by molar-refractivity contribution is -0.147. The second kappa shape index (κ2) is 7.61. The van der Waals surface area contributed by atoms with Crippen LogP contribution in [0.15, 0.2) is 48.5 Å². The van der Waals surface area contributed by atoms with E-state index >= 15 is 0 Å². The molecular weight excluding hydrogens is 344 g/mol. The van der Waals surface area contributed by atoms with E-state index in [9.17, 15) is 13.6 Å². The van der Waals surface area contributed by atoms with Gasteiger partial charge in [0.1, 0.15) is 18.4 Å². The first-order chi connectivity index (χ1) is 12.6. The lowest BCUT2D eigenvalue weighted by Gasteiger charge is -2.09. The van der Waals surface area contributed by atoms with Gasteiger partial charge in [-0.05, 0) is 24.3 Å². The van der Waals surface area contributed by atoms with E-state index in [0.717, 1.165) is 0 Å². The highest BCUT2D eigenvalue weighted by Gasteiger charge is 2.18. The quantitative estimate of drug-likeness (QED) is 0.632. The second-order valence-electron chi connectivity index (χ2n) is 5.22. The SMILES string of the molecule is N#Cc1ccccc1OCC(=O)OCc1nc2ccccc2n1C(F)F. The molecule has 0 radical (unpaired) electrons. The number of ether oxygens (including phenoxy) is 2. The van der Waals surface area contributed by atoms with Crippen molar-refractivity contribution < 1.29 is 23.0 Å². The van der Waals surface area contributed by atoms with Crippen LogP contribution in [0.5, 0.6) is 5.75 Å². The topological polar surface area (TPSA) is 77.1 Å². The largest absolute Gasteiger partial charge is 0.481 e. The fraction of sp³-hybridized carbons (Fsp3) is 0.167. The molecule has 3 rings (SSSR count). The van der Waals surface area contributed by atoms with Crippen LogP contribution in [0.3, 0.4) is 0 Å². The number of hydrogen-bond donors (Lipinski definition) is 0. The molecule has 0 aliphatic heterocycles. The fourth-order valence-corrected chi connectivity index (χ4v) is 2.42. The predicted octanol–water partition coefficient (Wildman–Crippen LogP) is 3.43. The summed E-state index contributed by atoms with van der Waals surface area (Å²) in [4.78, 5) is 15.9. The van der Waals surface area contributed by atoms with Gasteiger partial charge in [-0.2, -0.15) is 14.0 Å². The molecule has 0 bridgehead atoms. The summed E-state index contributed by atoms with van der Waals surface area (Å²) in [5.41, 5.74) is 0.922. The Morgan fingerprint density at radius 1 is 1.19 bits per heavy atom. The van der Waals surface area contributed by atoms with Crippen molar-refractivity contribution in [1.82, 2.24) is 9.55 Å². The Morgan fingerprint density at radius 2 is 1.92 bits per heavy atom. The summed E-state index contributed by atoms with van der Waals surface area (Å²) in [5, 5.41) is 8.96. The Bertz CT molecular complexity index is 979. The van der Waals surface area contributed by atoms with Crippen LogP contribution in [0, 0.1) is 11.3 Å². The van der Waals surface area contributed by atoms with Crippen molar-refractivity contribution in [2.45, 2.75) is 13.2 Å². The van der Waals surface area contributed by atoms with E-state index in [2.05, 4.69) is 4.98 Å². The van der Waals surface area contributed by atoms with Gasteiger partial charge >= 0.3 is 12.5 Å². The number of carbonyl (C=O) groups is 1. The molecule has 0 saturated carbocycles. The van der Waals surface area contributed by atoms with Gasteiger partial charge in [-0.25, -0.2) is 9.78 Å². The number of nitrogens with zero attached hydrogens (tertiary/aromatic N) is 3. The highest BCUT2D eigenvalue weighted by Crippen LogP contribution is 2.23. The molecule has 132 valence electrons. The van der Waals surface area contributed by atoms with Gasteiger partial charge in [-0.15, -0.1) is 0 Å². The number of fused-ring (bicyclic) bond motifs is 1. The Labute approximate surface area is 147 Å². The van der Waals surface area contributed by atoms with Crippen molar-refractivity contribution in [1.29, 1.82) is 5.26 Å². The van der Waals surface area contributed by atoms with Crippen molar-refractivity contribution in [3.8, 4) is 11.8 Å². The van der Waals surface area contributed by atoms with E-state index in [0.29, 0.717) is 10.1 Å². The number of benzene rings is 2. The summed E-state index contributed by atoms with van der Waals surface area (Å²) in [7, 11) is 0. The van der Waals surface area contributed by atoms with Gasteiger partial charge in [-0.3, -0.25) is 4.57 Å². The number of alkyl halides is 2. The molecule has 0 atom stereocenters. The molecule has 0 fully saturated rings. The van der Waals surface area contributed by atoms with Gasteiger partial charge in [0.15, 0.2) is 12.4 Å². The number of halogens is 2. The van der Waals surface area contributed by atoms with E-state index in [1.807, 2.05) is 6.07 Å². The summed E-state index contributed by atoms with van der Waals surface area (Å²) < 4.78 is 37.5. The highest BCUT2D eigenvalue weighted by molar-refractivity contribution is 5.76. The fourth-order valence-electron chi connectivity index (χ4n) is 2.42. The maximum Gasteiger partial charge on any atom is 0.344 e. The number of hydrogen-bond acceptors (Lipinski definition) is 5. The molecule has 0 saturated heterocycles. The number of esters is 1. The average Bonchev–Trinajstić information content (AvgIpc) is 3.03. The molecule has 26 heavy (non-hydrogen) atoms. The molecular formula is C18H13F2N3O3. The molecule has 0 N–H and O–H groups in total. The minimum Gasteiger partial charge on any atom is -0.481 e. The third-order valence-electron chi connectivity index (χ3n) is 3.58. The summed E-state index contributed by atoms with van der Waals surface area (Å²) >= 11 is 0. The maximum atomic E-state index is 13.3. The van der Waals surface area contributed by atoms with E-state index in [4.69, 9.17) is 14.7 Å². The molecule has 1 aromatic heterocycles. The lowest BCUT2D eigenvalue weighted by Crippen LogP contribution is -2.17. The minimum absolute atomic E-state index is 0.0630. The number of carbonyl (C=O) groups excluding carboxylic acids is 1. The standard InChI is InChI=1S/C18H13F2N3O3/c19-18(20)23-14-7-3-2-6-13(14)22-16(23)10-26-17(24)11-25-15-8-4-1-5-12(15)9-21/h1-8,18H,10-11H2. The molecule has 0 unspecified atom stereocenters. The van der Waals surface area contributed by atoms with Gasteiger partial charge < -0.3 is 9.47 Å². The first-order valence-corrected chi connectivity index (χ1v) is 7.61. The lowest BCUT2D eigenvalue weighted by atomic mass is 10.2. The normalized spacial score (nSPS) is 10.7. The van der Waals surface area contributed by atoms with Crippen LogP contribution >= 0.6 is 0 Å². The molecule has 0 amide bonds. The monoisotopic (exact) mass is 357 g/mol. The van der Waals surface area contributed by atoms with E-state index in [1.165, 1.54) is 6.07 Å². The summed E-state index contributed by atoms with van der Waals surface area (Å²) in [5.74, 6) is -0.579. The van der Waals surface area contributed by atoms with Gasteiger partial charge in [-0.1, -0.05) is 24.3 Å². The minimum atomic E-state index is -2.81. The Kier molecular flexibility index (Phi) is 5.08. The summed E-state index contributed by atoms with van der Waals surface area (Å²) in [6, 6.07) is 14.8. The zero-order chi connectivity index (χ0) is 18.5. The van der Waals surface area contributed by atoms with Crippen molar-refractivity contribution in [3.63, 3.8) is 0 Å². The van der Waals surface area contributed by atoms with Gasteiger partial charge in [0, 0.05) is 0 Å². The highest BCUT2D eigenvalue weighted by atomic mass is 19.3. The maximum absolute atomic E-state index is 13.3. The molecule has 2 aromatic carbocycles.